The third-order valence-corrected chi connectivity index (χ3v) is 3.19. The van der Waals surface area contributed by atoms with Crippen molar-refractivity contribution in [3.05, 3.63) is 64.7 Å². The van der Waals surface area contributed by atoms with Crippen molar-refractivity contribution in [2.45, 2.75) is 6.20 Å². The van der Waals surface area contributed by atoms with Crippen LogP contribution in [0.25, 0.3) is 0 Å². The molecule has 1 aliphatic rings. The number of anilines is 1. The number of halogens is 1. The summed E-state index contributed by atoms with van der Waals surface area (Å²) in [5, 5.41) is 12.9. The molecule has 0 aromatic heterocycles. The van der Waals surface area contributed by atoms with E-state index in [1.807, 2.05) is 18.2 Å². The second-order valence-electron chi connectivity index (χ2n) is 4.29. The Morgan fingerprint density at radius 3 is 2.75 bits per heavy atom. The molecule has 1 heterocycles. The first-order valence-corrected chi connectivity index (χ1v) is 6.34. The Morgan fingerprint density at radius 1 is 1.25 bits per heavy atom. The molecule has 3 rings (SSSR count). The van der Waals surface area contributed by atoms with Crippen molar-refractivity contribution in [2.24, 2.45) is 4.99 Å². The highest BCUT2D eigenvalue weighted by Gasteiger charge is 2.23. The molecule has 0 saturated heterocycles. The fourth-order valence-corrected chi connectivity index (χ4v) is 2.20. The van der Waals surface area contributed by atoms with Crippen LogP contribution in [-0.4, -0.2) is 22.9 Å². The Balaban J connectivity index is 2.28. The van der Waals surface area contributed by atoms with E-state index in [0.29, 0.717) is 27.5 Å². The van der Waals surface area contributed by atoms with Gasteiger partial charge >= 0.3 is 0 Å². The van der Waals surface area contributed by atoms with Crippen LogP contribution in [0.3, 0.4) is 0 Å². The minimum atomic E-state index is -2.59. The van der Waals surface area contributed by atoms with Crippen molar-refractivity contribution in [1.29, 1.82) is 0 Å². The number of benzodiazepines with no additional fused rings is 1. The molecule has 2 aromatic carbocycles. The zero-order chi connectivity index (χ0) is 15.0. The number of nitrogens with one attached hydrogen (secondary N) is 1. The zero-order valence-electron chi connectivity index (χ0n) is 11.3. The second kappa shape index (κ2) is 5.07. The Labute approximate surface area is 122 Å². The minimum absolute atomic E-state index is 0.337. The van der Waals surface area contributed by atoms with Gasteiger partial charge in [0.1, 0.15) is 0 Å². The molecule has 1 atom stereocenters. The monoisotopic (exact) mass is 287 g/mol. The molecule has 20 heavy (non-hydrogen) atoms. The van der Waals surface area contributed by atoms with Crippen LogP contribution in [0, 0.1) is 0 Å². The van der Waals surface area contributed by atoms with Crippen molar-refractivity contribution in [3.63, 3.8) is 0 Å². The first-order chi connectivity index (χ1) is 9.97. The van der Waals surface area contributed by atoms with Gasteiger partial charge in [-0.05, 0) is 18.2 Å². The van der Waals surface area contributed by atoms with Crippen molar-refractivity contribution in [3.8, 4) is 0 Å². The Hall–Kier alpha value is -2.17. The summed E-state index contributed by atoms with van der Waals surface area (Å²) in [4.78, 5) is 15.8. The van der Waals surface area contributed by atoms with E-state index in [1.54, 1.807) is 30.3 Å². The molecule has 0 spiro atoms. The maximum atomic E-state index is 11.9. The average molecular weight is 288 g/mol. The number of fused-ring (bicyclic) bond motifs is 1. The van der Waals surface area contributed by atoms with Crippen LogP contribution in [0.5, 0.6) is 0 Å². The van der Waals surface area contributed by atoms with Gasteiger partial charge in [-0.15, -0.1) is 0 Å². The molecule has 5 heteroatoms. The minimum Gasteiger partial charge on any atom is -0.364 e. The lowest BCUT2D eigenvalue weighted by atomic mass is 10.0. The number of hydrogen-bond acceptors (Lipinski definition) is 3. The molecule has 0 fully saturated rings. The number of aliphatic imine (C=N–C) groups is 1. The van der Waals surface area contributed by atoms with E-state index in [0.717, 1.165) is 0 Å². The van der Waals surface area contributed by atoms with Gasteiger partial charge in [0.05, 0.1) is 12.8 Å². The van der Waals surface area contributed by atoms with Gasteiger partial charge < -0.3 is 10.4 Å². The van der Waals surface area contributed by atoms with Crippen LogP contribution in [0.2, 0.25) is 5.02 Å². The Bertz CT molecular complexity index is 745. The number of nitrogens with zero attached hydrogens (tertiary/aromatic N) is 1. The van der Waals surface area contributed by atoms with E-state index in [2.05, 4.69) is 10.3 Å². The van der Waals surface area contributed by atoms with Crippen LogP contribution in [0.1, 0.15) is 12.5 Å². The highest BCUT2D eigenvalue weighted by atomic mass is 35.5. The molecule has 0 radical (unpaired) electrons. The van der Waals surface area contributed by atoms with Crippen LogP contribution in [0.4, 0.5) is 5.69 Å². The quantitative estimate of drug-likeness (QED) is 0.846. The summed E-state index contributed by atoms with van der Waals surface area (Å²) < 4.78 is 7.70. The number of carbonyl (C=O) groups excluding carboxylic acids is 1. The maximum Gasteiger partial charge on any atom is 0.276 e. The highest BCUT2D eigenvalue weighted by molar-refractivity contribution is 6.32. The van der Waals surface area contributed by atoms with Crippen molar-refractivity contribution >= 4 is 28.9 Å². The number of carbonyl (C=O) groups is 1. The molecule has 100 valence electrons. The molecule has 4 nitrogen and oxygen atoms in total. The summed E-state index contributed by atoms with van der Waals surface area (Å²) in [6, 6.07) is 13.9. The molecule has 0 aliphatic carbocycles. The molecule has 2 N–H and O–H groups in total. The number of aliphatic hydroxyl groups is 1. The normalized spacial score (nSPS) is 22.2. The third-order valence-electron chi connectivity index (χ3n) is 2.95. The van der Waals surface area contributed by atoms with Gasteiger partial charge in [0.2, 0.25) is 6.20 Å². The smallest absolute Gasteiger partial charge is 0.276 e. The fourth-order valence-electron chi connectivity index (χ4n) is 2.03. The van der Waals surface area contributed by atoms with E-state index in [9.17, 15) is 9.90 Å². The van der Waals surface area contributed by atoms with Crippen LogP contribution in [-0.2, 0) is 4.79 Å². The molecule has 0 bridgehead atoms. The predicted octanol–water partition coefficient (Wildman–Crippen LogP) is 2.45. The van der Waals surface area contributed by atoms with Gasteiger partial charge in [-0.25, -0.2) is 4.99 Å². The van der Waals surface area contributed by atoms with Crippen molar-refractivity contribution in [1.82, 2.24) is 0 Å². The molecular weight excluding hydrogens is 276 g/mol. The van der Waals surface area contributed by atoms with Gasteiger partial charge in [0.15, 0.2) is 0 Å². The summed E-state index contributed by atoms with van der Waals surface area (Å²) in [5.41, 5.74) is 2.03. The van der Waals surface area contributed by atoms with E-state index in [1.165, 1.54) is 0 Å². The standard InChI is InChI=1S/C15H11ClN2O2/c16-10-6-7-12-11(8-10)13(9-4-2-1-3-5-9)18-15(20)14(19)17-12/h1-8,15,20H,(H,17,19)/i15D. The van der Waals surface area contributed by atoms with Crippen molar-refractivity contribution in [2.75, 3.05) is 5.32 Å². The lowest BCUT2D eigenvalue weighted by Crippen LogP contribution is -2.24. The van der Waals surface area contributed by atoms with Crippen LogP contribution >= 0.6 is 11.6 Å². The predicted molar refractivity (Wildman–Crippen MR) is 78.2 cm³/mol. The lowest BCUT2D eigenvalue weighted by Gasteiger charge is -2.10. The van der Waals surface area contributed by atoms with E-state index >= 15 is 0 Å². The number of hydrogen-bond donors (Lipinski definition) is 2. The van der Waals surface area contributed by atoms with Gasteiger partial charge in [-0.3, -0.25) is 4.79 Å². The van der Waals surface area contributed by atoms with Gasteiger partial charge in [-0.2, -0.15) is 0 Å². The topological polar surface area (TPSA) is 61.7 Å². The Morgan fingerprint density at radius 2 is 2.00 bits per heavy atom. The molecule has 1 aliphatic heterocycles. The zero-order valence-corrected chi connectivity index (χ0v) is 11.1. The summed E-state index contributed by atoms with van der Waals surface area (Å²) in [6.45, 7) is 0. The Kier molecular flexibility index (Phi) is 2.95. The van der Waals surface area contributed by atoms with E-state index in [-0.39, 0.29) is 0 Å². The summed E-state index contributed by atoms with van der Waals surface area (Å²) in [6.07, 6.45) is -2.59. The lowest BCUT2D eigenvalue weighted by molar-refractivity contribution is -0.123. The largest absolute Gasteiger partial charge is 0.364 e. The summed E-state index contributed by atoms with van der Waals surface area (Å²) in [7, 11) is 0. The second-order valence-corrected chi connectivity index (χ2v) is 4.73. The number of rotatable bonds is 1. The van der Waals surface area contributed by atoms with E-state index < -0.39 is 12.1 Å². The summed E-state index contributed by atoms with van der Waals surface area (Å²) >= 11 is 6.01. The molecule has 2 aromatic rings. The fraction of sp³-hybridized carbons (Fsp3) is 0.0667. The molecular formula is C15H11ClN2O2. The highest BCUT2D eigenvalue weighted by Crippen LogP contribution is 2.26. The summed E-state index contributed by atoms with van der Waals surface area (Å²) in [5.74, 6) is -0.906. The maximum absolute atomic E-state index is 11.9. The molecule has 1 amide bonds. The first kappa shape index (κ1) is 11.6. The third kappa shape index (κ3) is 2.31. The number of benzene rings is 2. The molecule has 1 unspecified atom stereocenters. The van der Waals surface area contributed by atoms with Gasteiger partial charge in [0.25, 0.3) is 5.91 Å². The van der Waals surface area contributed by atoms with Crippen molar-refractivity contribution < 1.29 is 11.3 Å². The number of amides is 1. The molecule has 0 saturated carbocycles. The van der Waals surface area contributed by atoms with Gasteiger partial charge in [-0.1, -0.05) is 41.9 Å². The average Bonchev–Trinajstić information content (AvgIpc) is 2.56. The van der Waals surface area contributed by atoms with Crippen LogP contribution in [0.15, 0.2) is 53.5 Å². The van der Waals surface area contributed by atoms with E-state index in [4.69, 9.17) is 13.0 Å². The van der Waals surface area contributed by atoms with Crippen LogP contribution < -0.4 is 5.32 Å². The SMILES string of the molecule is [2H]C1(O)N=C(c2ccccc2)c2cc(Cl)ccc2NC1=O. The first-order valence-electron chi connectivity index (χ1n) is 6.46. The van der Waals surface area contributed by atoms with Gasteiger partial charge in [0, 0.05) is 16.1 Å².